The summed E-state index contributed by atoms with van der Waals surface area (Å²) < 4.78 is 0. The van der Waals surface area contributed by atoms with Gasteiger partial charge in [0.15, 0.2) is 0 Å². The highest BCUT2D eigenvalue weighted by molar-refractivity contribution is 4.94. The average molecular weight is 195 g/mol. The summed E-state index contributed by atoms with van der Waals surface area (Å²) in [5, 5.41) is 3.78. The van der Waals surface area contributed by atoms with Crippen molar-refractivity contribution in [1.29, 1.82) is 0 Å². The Labute approximate surface area is 88.7 Å². The van der Waals surface area contributed by atoms with Gasteiger partial charge in [0.2, 0.25) is 0 Å². The summed E-state index contributed by atoms with van der Waals surface area (Å²) in [6.45, 7) is 8.50. The smallest absolute Gasteiger partial charge is 0.0129 e. The quantitative estimate of drug-likeness (QED) is 0.626. The van der Waals surface area contributed by atoms with E-state index in [1.165, 1.54) is 38.6 Å². The van der Waals surface area contributed by atoms with Crippen molar-refractivity contribution in [3.63, 3.8) is 0 Å². The van der Waals surface area contributed by atoms with E-state index in [9.17, 15) is 0 Å². The molecule has 1 saturated heterocycles. The van der Waals surface area contributed by atoms with Gasteiger partial charge in [-0.05, 0) is 49.5 Å². The third-order valence-electron chi connectivity index (χ3n) is 4.28. The Hall–Kier alpha value is -0.0400. The first kappa shape index (κ1) is 10.5. The fourth-order valence-corrected chi connectivity index (χ4v) is 3.53. The number of rotatable bonds is 0. The molecular formula is C13H25N. The minimum absolute atomic E-state index is 0.494. The molecule has 0 aromatic heterocycles. The van der Waals surface area contributed by atoms with Crippen LogP contribution in [0.2, 0.25) is 0 Å². The van der Waals surface area contributed by atoms with E-state index in [-0.39, 0.29) is 0 Å². The van der Waals surface area contributed by atoms with Crippen molar-refractivity contribution in [2.45, 2.75) is 58.9 Å². The molecule has 82 valence electrons. The first-order valence-electron chi connectivity index (χ1n) is 6.32. The summed E-state index contributed by atoms with van der Waals surface area (Å²) in [6.07, 6.45) is 7.26. The predicted molar refractivity (Wildman–Crippen MR) is 61.3 cm³/mol. The second-order valence-electron chi connectivity index (χ2n) is 6.29. The number of hydrogen-bond donors (Lipinski definition) is 1. The van der Waals surface area contributed by atoms with Gasteiger partial charge in [0.25, 0.3) is 0 Å². The molecule has 2 fully saturated rings. The van der Waals surface area contributed by atoms with E-state index in [1.807, 2.05) is 0 Å². The molecule has 2 rings (SSSR count). The van der Waals surface area contributed by atoms with Crippen molar-refractivity contribution in [2.75, 3.05) is 6.54 Å². The molecule has 1 aliphatic heterocycles. The Morgan fingerprint density at radius 2 is 1.71 bits per heavy atom. The molecule has 1 heteroatoms. The van der Waals surface area contributed by atoms with Crippen molar-refractivity contribution in [1.82, 2.24) is 5.32 Å². The molecule has 3 atom stereocenters. The average Bonchev–Trinajstić information content (AvgIpc) is 2.15. The summed E-state index contributed by atoms with van der Waals surface area (Å²) in [4.78, 5) is 0. The molecule has 0 spiro atoms. The molecule has 0 amide bonds. The Kier molecular flexibility index (Phi) is 2.88. The van der Waals surface area contributed by atoms with Crippen molar-refractivity contribution >= 4 is 0 Å². The van der Waals surface area contributed by atoms with Gasteiger partial charge in [-0.1, -0.05) is 27.2 Å². The molecule has 2 aliphatic rings. The normalized spacial score (nSPS) is 39.2. The van der Waals surface area contributed by atoms with Crippen LogP contribution in [0.3, 0.4) is 0 Å². The van der Waals surface area contributed by atoms with Crippen LogP contribution in [0.5, 0.6) is 0 Å². The zero-order chi connectivity index (χ0) is 10.2. The van der Waals surface area contributed by atoms with Crippen molar-refractivity contribution in [3.8, 4) is 0 Å². The fourth-order valence-electron chi connectivity index (χ4n) is 3.53. The van der Waals surface area contributed by atoms with Crippen LogP contribution in [-0.2, 0) is 0 Å². The molecule has 0 radical (unpaired) electrons. The van der Waals surface area contributed by atoms with Crippen LogP contribution in [0.1, 0.15) is 52.9 Å². The molecule has 1 heterocycles. The second-order valence-corrected chi connectivity index (χ2v) is 6.29. The maximum atomic E-state index is 3.78. The SMILES string of the molecule is CC(C)(C)C1CCCC2CCCNC21. The Morgan fingerprint density at radius 3 is 2.43 bits per heavy atom. The number of piperidine rings is 1. The zero-order valence-corrected chi connectivity index (χ0v) is 9.97. The summed E-state index contributed by atoms with van der Waals surface area (Å²) in [7, 11) is 0. The van der Waals surface area contributed by atoms with Gasteiger partial charge in [0, 0.05) is 6.04 Å². The van der Waals surface area contributed by atoms with E-state index in [0.717, 1.165) is 17.9 Å². The lowest BCUT2D eigenvalue weighted by atomic mass is 9.64. The fraction of sp³-hybridized carbons (Fsp3) is 1.00. The highest BCUT2D eigenvalue weighted by Crippen LogP contribution is 2.42. The maximum Gasteiger partial charge on any atom is 0.0129 e. The minimum Gasteiger partial charge on any atom is -0.313 e. The molecule has 0 bridgehead atoms. The van der Waals surface area contributed by atoms with Gasteiger partial charge in [0.1, 0.15) is 0 Å². The van der Waals surface area contributed by atoms with E-state index >= 15 is 0 Å². The third kappa shape index (κ3) is 1.98. The molecule has 0 aromatic carbocycles. The predicted octanol–water partition coefficient (Wildman–Crippen LogP) is 3.20. The number of nitrogens with one attached hydrogen (secondary N) is 1. The first-order valence-corrected chi connectivity index (χ1v) is 6.32. The highest BCUT2D eigenvalue weighted by atomic mass is 14.9. The van der Waals surface area contributed by atoms with E-state index < -0.39 is 0 Å². The van der Waals surface area contributed by atoms with E-state index in [4.69, 9.17) is 0 Å². The summed E-state index contributed by atoms with van der Waals surface area (Å²) in [5.74, 6) is 1.89. The van der Waals surface area contributed by atoms with Crippen LogP contribution in [0.4, 0.5) is 0 Å². The molecule has 1 saturated carbocycles. The van der Waals surface area contributed by atoms with Crippen molar-refractivity contribution in [3.05, 3.63) is 0 Å². The first-order chi connectivity index (χ1) is 6.59. The van der Waals surface area contributed by atoms with Gasteiger partial charge >= 0.3 is 0 Å². The molecule has 1 aliphatic carbocycles. The van der Waals surface area contributed by atoms with Crippen molar-refractivity contribution < 1.29 is 0 Å². The summed E-state index contributed by atoms with van der Waals surface area (Å²) >= 11 is 0. The van der Waals surface area contributed by atoms with Crippen LogP contribution < -0.4 is 5.32 Å². The minimum atomic E-state index is 0.494. The van der Waals surface area contributed by atoms with Gasteiger partial charge in [-0.2, -0.15) is 0 Å². The monoisotopic (exact) mass is 195 g/mol. The summed E-state index contributed by atoms with van der Waals surface area (Å²) in [6, 6.07) is 0.831. The van der Waals surface area contributed by atoms with Crippen LogP contribution in [0, 0.1) is 17.3 Å². The second kappa shape index (κ2) is 3.84. The molecule has 0 aromatic rings. The third-order valence-corrected chi connectivity index (χ3v) is 4.28. The van der Waals surface area contributed by atoms with E-state index in [1.54, 1.807) is 0 Å². The highest BCUT2D eigenvalue weighted by Gasteiger charge is 2.40. The lowest BCUT2D eigenvalue weighted by Gasteiger charge is -2.47. The Bertz CT molecular complexity index is 190. The van der Waals surface area contributed by atoms with Gasteiger partial charge in [-0.3, -0.25) is 0 Å². The van der Waals surface area contributed by atoms with E-state index in [2.05, 4.69) is 26.1 Å². The van der Waals surface area contributed by atoms with Crippen LogP contribution in [0.25, 0.3) is 0 Å². The van der Waals surface area contributed by atoms with Gasteiger partial charge in [-0.25, -0.2) is 0 Å². The van der Waals surface area contributed by atoms with E-state index in [0.29, 0.717) is 5.41 Å². The summed E-state index contributed by atoms with van der Waals surface area (Å²) in [5.41, 5.74) is 0.494. The molecular weight excluding hydrogens is 170 g/mol. The Balaban J connectivity index is 2.09. The number of hydrogen-bond acceptors (Lipinski definition) is 1. The van der Waals surface area contributed by atoms with Crippen LogP contribution >= 0.6 is 0 Å². The largest absolute Gasteiger partial charge is 0.313 e. The lowest BCUT2D eigenvalue weighted by Crippen LogP contribution is -2.52. The maximum absolute atomic E-state index is 3.78. The number of fused-ring (bicyclic) bond motifs is 1. The zero-order valence-electron chi connectivity index (χ0n) is 9.97. The molecule has 1 nitrogen and oxygen atoms in total. The lowest BCUT2D eigenvalue weighted by molar-refractivity contribution is 0.0689. The molecule has 3 unspecified atom stereocenters. The van der Waals surface area contributed by atoms with Gasteiger partial charge in [0.05, 0.1) is 0 Å². The topological polar surface area (TPSA) is 12.0 Å². The van der Waals surface area contributed by atoms with Gasteiger partial charge in [-0.15, -0.1) is 0 Å². The van der Waals surface area contributed by atoms with Crippen molar-refractivity contribution in [2.24, 2.45) is 17.3 Å². The molecule has 1 N–H and O–H groups in total. The van der Waals surface area contributed by atoms with Gasteiger partial charge < -0.3 is 5.32 Å². The Morgan fingerprint density at radius 1 is 1.00 bits per heavy atom. The van der Waals surface area contributed by atoms with Crippen LogP contribution in [0.15, 0.2) is 0 Å². The standard InChI is InChI=1S/C13H25N/c1-13(2,3)11-8-4-6-10-7-5-9-14-12(10)11/h10-12,14H,4-9H2,1-3H3. The molecule has 14 heavy (non-hydrogen) atoms. The van der Waals surface area contributed by atoms with Crippen LogP contribution in [-0.4, -0.2) is 12.6 Å².